The minimum Gasteiger partial charge on any atom is -0.381 e. The maximum Gasteiger partial charge on any atom is 0.224 e. The fourth-order valence-corrected chi connectivity index (χ4v) is 3.27. The van der Waals surface area contributed by atoms with Gasteiger partial charge in [0, 0.05) is 16.9 Å². The van der Waals surface area contributed by atoms with Gasteiger partial charge in [-0.2, -0.15) is 0 Å². The first-order valence-electron chi connectivity index (χ1n) is 8.27. The molecule has 24 heavy (non-hydrogen) atoms. The largest absolute Gasteiger partial charge is 0.381 e. The Morgan fingerprint density at radius 1 is 1.12 bits per heavy atom. The molecular formula is C17H26BrCl2N3O. The monoisotopic (exact) mass is 437 g/mol. The number of halogens is 3. The molecule has 3 N–H and O–H groups in total. The van der Waals surface area contributed by atoms with Crippen LogP contribution in [-0.2, 0) is 4.79 Å². The lowest BCUT2D eigenvalue weighted by Crippen LogP contribution is -2.28. The number of anilines is 2. The molecule has 0 spiro atoms. The maximum atomic E-state index is 12.3. The highest BCUT2D eigenvalue weighted by molar-refractivity contribution is 9.10. The summed E-state index contributed by atoms with van der Waals surface area (Å²) in [6.45, 7) is 2.18. The molecule has 1 aromatic rings. The molecule has 1 saturated carbocycles. The van der Waals surface area contributed by atoms with Gasteiger partial charge in [0.05, 0.1) is 11.4 Å². The SMILES string of the molecule is Cl.Cl.O=C(CCC1CCNCC1)Nc1cc(Br)ccc1NC1CC1. The lowest BCUT2D eigenvalue weighted by molar-refractivity contribution is -0.116. The predicted octanol–water partition coefficient (Wildman–Crippen LogP) is 4.59. The summed E-state index contributed by atoms with van der Waals surface area (Å²) in [5.74, 6) is 0.814. The van der Waals surface area contributed by atoms with Gasteiger partial charge in [0.15, 0.2) is 0 Å². The Kier molecular flexibility index (Phi) is 9.42. The molecule has 2 fully saturated rings. The van der Waals surface area contributed by atoms with Crippen molar-refractivity contribution >= 4 is 58.0 Å². The molecule has 2 aliphatic rings. The summed E-state index contributed by atoms with van der Waals surface area (Å²) in [7, 11) is 0. The highest BCUT2D eigenvalue weighted by Gasteiger charge is 2.22. The van der Waals surface area contributed by atoms with Crippen LogP contribution < -0.4 is 16.0 Å². The third kappa shape index (κ3) is 6.79. The smallest absolute Gasteiger partial charge is 0.224 e. The Hall–Kier alpha value is -0.490. The Labute approximate surface area is 164 Å². The van der Waals surface area contributed by atoms with E-state index in [4.69, 9.17) is 0 Å². The first-order chi connectivity index (χ1) is 10.7. The van der Waals surface area contributed by atoms with Crippen molar-refractivity contribution in [3.05, 3.63) is 22.7 Å². The Morgan fingerprint density at radius 3 is 2.50 bits per heavy atom. The van der Waals surface area contributed by atoms with Crippen molar-refractivity contribution in [2.75, 3.05) is 23.7 Å². The third-order valence-corrected chi connectivity index (χ3v) is 4.92. The van der Waals surface area contributed by atoms with Crippen molar-refractivity contribution < 1.29 is 4.79 Å². The molecule has 0 radical (unpaired) electrons. The molecule has 3 rings (SSSR count). The van der Waals surface area contributed by atoms with Crippen LogP contribution in [-0.4, -0.2) is 25.0 Å². The molecule has 1 aliphatic heterocycles. The number of piperidine rings is 1. The molecule has 0 aromatic heterocycles. The topological polar surface area (TPSA) is 53.2 Å². The lowest BCUT2D eigenvalue weighted by atomic mass is 9.93. The number of benzene rings is 1. The van der Waals surface area contributed by atoms with E-state index in [-0.39, 0.29) is 30.7 Å². The fraction of sp³-hybridized carbons (Fsp3) is 0.588. The van der Waals surface area contributed by atoms with Gasteiger partial charge in [-0.25, -0.2) is 0 Å². The summed E-state index contributed by atoms with van der Waals surface area (Å²) in [5, 5.41) is 9.92. The Bertz CT molecular complexity index is 535. The molecule has 1 saturated heterocycles. The van der Waals surface area contributed by atoms with Crippen LogP contribution in [0.3, 0.4) is 0 Å². The van der Waals surface area contributed by atoms with E-state index in [1.807, 2.05) is 18.2 Å². The van der Waals surface area contributed by atoms with E-state index in [1.54, 1.807) is 0 Å². The van der Waals surface area contributed by atoms with Crippen LogP contribution in [0.25, 0.3) is 0 Å². The van der Waals surface area contributed by atoms with E-state index in [0.29, 0.717) is 18.4 Å². The molecule has 1 heterocycles. The van der Waals surface area contributed by atoms with E-state index in [1.165, 1.54) is 25.7 Å². The summed E-state index contributed by atoms with van der Waals surface area (Å²) in [5.41, 5.74) is 1.91. The number of hydrogen-bond acceptors (Lipinski definition) is 3. The number of hydrogen-bond donors (Lipinski definition) is 3. The van der Waals surface area contributed by atoms with Crippen molar-refractivity contribution in [1.82, 2.24) is 5.32 Å². The van der Waals surface area contributed by atoms with Crippen molar-refractivity contribution in [1.29, 1.82) is 0 Å². The zero-order chi connectivity index (χ0) is 15.4. The quantitative estimate of drug-likeness (QED) is 0.608. The predicted molar refractivity (Wildman–Crippen MR) is 109 cm³/mol. The van der Waals surface area contributed by atoms with Gasteiger partial charge in [-0.1, -0.05) is 15.9 Å². The molecule has 0 atom stereocenters. The molecule has 1 amide bonds. The minimum absolute atomic E-state index is 0. The van der Waals surface area contributed by atoms with Crippen LogP contribution in [0.5, 0.6) is 0 Å². The van der Waals surface area contributed by atoms with Gasteiger partial charge in [0.25, 0.3) is 0 Å². The zero-order valence-corrected chi connectivity index (χ0v) is 16.9. The average Bonchev–Trinajstić information content (AvgIpc) is 3.33. The van der Waals surface area contributed by atoms with E-state index in [0.717, 1.165) is 35.4 Å². The average molecular weight is 439 g/mol. The number of amides is 1. The highest BCUT2D eigenvalue weighted by Crippen LogP contribution is 2.31. The van der Waals surface area contributed by atoms with Crippen molar-refractivity contribution in [2.24, 2.45) is 5.92 Å². The molecule has 7 heteroatoms. The second kappa shape index (κ2) is 10.5. The fourth-order valence-electron chi connectivity index (χ4n) is 2.91. The van der Waals surface area contributed by atoms with Gasteiger partial charge in [-0.3, -0.25) is 4.79 Å². The summed E-state index contributed by atoms with van der Waals surface area (Å²) in [4.78, 5) is 12.3. The Morgan fingerprint density at radius 2 is 1.83 bits per heavy atom. The first kappa shape index (κ1) is 21.6. The van der Waals surface area contributed by atoms with E-state index < -0.39 is 0 Å². The summed E-state index contributed by atoms with van der Waals surface area (Å²) in [6, 6.07) is 6.60. The van der Waals surface area contributed by atoms with E-state index >= 15 is 0 Å². The third-order valence-electron chi connectivity index (χ3n) is 4.43. The van der Waals surface area contributed by atoms with Crippen LogP contribution >= 0.6 is 40.7 Å². The molecule has 0 unspecified atom stereocenters. The number of carbonyl (C=O) groups excluding carboxylic acids is 1. The maximum absolute atomic E-state index is 12.3. The second-order valence-corrected chi connectivity index (χ2v) is 7.30. The highest BCUT2D eigenvalue weighted by atomic mass is 79.9. The summed E-state index contributed by atoms with van der Waals surface area (Å²) in [6.07, 6.45) is 6.43. The number of nitrogens with one attached hydrogen (secondary N) is 3. The van der Waals surface area contributed by atoms with Crippen LogP contribution in [0, 0.1) is 5.92 Å². The molecular weight excluding hydrogens is 413 g/mol. The summed E-state index contributed by atoms with van der Waals surface area (Å²) >= 11 is 3.48. The second-order valence-electron chi connectivity index (χ2n) is 6.39. The van der Waals surface area contributed by atoms with Crippen LogP contribution in [0.2, 0.25) is 0 Å². The first-order valence-corrected chi connectivity index (χ1v) is 9.06. The number of rotatable bonds is 6. The molecule has 0 bridgehead atoms. The van der Waals surface area contributed by atoms with Gasteiger partial charge in [0.2, 0.25) is 5.91 Å². The zero-order valence-electron chi connectivity index (χ0n) is 13.6. The standard InChI is InChI=1S/C17H24BrN3O.2ClH/c18-13-2-5-15(20-14-3-4-14)16(11-13)21-17(22)6-1-12-7-9-19-10-8-12;;/h2,5,11-12,14,19-20H,1,3-4,6-10H2,(H,21,22);2*1H. The van der Waals surface area contributed by atoms with Gasteiger partial charge in [-0.05, 0) is 69.3 Å². The minimum atomic E-state index is 0. The van der Waals surface area contributed by atoms with Gasteiger partial charge >= 0.3 is 0 Å². The lowest BCUT2D eigenvalue weighted by Gasteiger charge is -2.22. The molecule has 1 aromatic carbocycles. The molecule has 1 aliphatic carbocycles. The molecule has 4 nitrogen and oxygen atoms in total. The molecule has 136 valence electrons. The van der Waals surface area contributed by atoms with Crippen LogP contribution in [0.15, 0.2) is 22.7 Å². The van der Waals surface area contributed by atoms with Crippen LogP contribution in [0.4, 0.5) is 11.4 Å². The van der Waals surface area contributed by atoms with Crippen molar-refractivity contribution in [3.8, 4) is 0 Å². The Balaban J connectivity index is 0.00000144. The van der Waals surface area contributed by atoms with E-state index in [9.17, 15) is 4.79 Å². The van der Waals surface area contributed by atoms with Crippen molar-refractivity contribution in [2.45, 2.75) is 44.6 Å². The van der Waals surface area contributed by atoms with E-state index in [2.05, 4.69) is 31.9 Å². The normalized spacial score (nSPS) is 17.4. The van der Waals surface area contributed by atoms with Crippen molar-refractivity contribution in [3.63, 3.8) is 0 Å². The van der Waals surface area contributed by atoms with Gasteiger partial charge in [-0.15, -0.1) is 24.8 Å². The summed E-state index contributed by atoms with van der Waals surface area (Å²) < 4.78 is 0.988. The number of carbonyl (C=O) groups is 1. The van der Waals surface area contributed by atoms with Crippen LogP contribution in [0.1, 0.15) is 38.5 Å². The van der Waals surface area contributed by atoms with Gasteiger partial charge < -0.3 is 16.0 Å². The van der Waals surface area contributed by atoms with Gasteiger partial charge in [0.1, 0.15) is 0 Å².